The van der Waals surface area contributed by atoms with Crippen molar-refractivity contribution in [2.75, 3.05) is 13.7 Å². The zero-order chi connectivity index (χ0) is 21.9. The molecule has 0 aliphatic carbocycles. The lowest BCUT2D eigenvalue weighted by molar-refractivity contribution is -0.129. The molecule has 1 aliphatic heterocycles. The summed E-state index contributed by atoms with van der Waals surface area (Å²) in [5.41, 5.74) is 5.30. The summed E-state index contributed by atoms with van der Waals surface area (Å²) < 4.78 is 56.2. The summed E-state index contributed by atoms with van der Waals surface area (Å²) in [6.45, 7) is -3.61. The van der Waals surface area contributed by atoms with Gasteiger partial charge in [0.15, 0.2) is 11.5 Å². The van der Waals surface area contributed by atoms with Gasteiger partial charge < -0.3 is 10.5 Å². The van der Waals surface area contributed by atoms with Crippen molar-refractivity contribution < 1.29 is 27.1 Å². The van der Waals surface area contributed by atoms with E-state index < -0.39 is 30.9 Å². The Kier molecular flexibility index (Phi) is 6.28. The summed E-state index contributed by atoms with van der Waals surface area (Å²) in [6.07, 6.45) is -1.32. The normalized spacial score (nSPS) is 19.9. The number of rotatable bonds is 8. The Labute approximate surface area is 171 Å². The second-order valence-corrected chi connectivity index (χ2v) is 6.87. The van der Waals surface area contributed by atoms with Crippen molar-refractivity contribution >= 4 is 11.9 Å². The fraction of sp³-hybridized carbons (Fsp3) is 0.333. The van der Waals surface area contributed by atoms with Gasteiger partial charge in [-0.2, -0.15) is 8.78 Å². The molecule has 1 amide bonds. The van der Waals surface area contributed by atoms with Crippen molar-refractivity contribution in [2.24, 2.45) is 10.7 Å². The molecule has 2 N–H and O–H groups in total. The molecule has 160 valence electrons. The van der Waals surface area contributed by atoms with Gasteiger partial charge in [-0.05, 0) is 47.7 Å². The highest BCUT2D eigenvalue weighted by Gasteiger charge is 2.49. The molecule has 5 nitrogen and oxygen atoms in total. The Morgan fingerprint density at radius 3 is 2.40 bits per heavy atom. The van der Waals surface area contributed by atoms with Crippen LogP contribution in [0.15, 0.2) is 53.5 Å². The Morgan fingerprint density at radius 2 is 1.83 bits per heavy atom. The summed E-state index contributed by atoms with van der Waals surface area (Å²) >= 11 is 0. The van der Waals surface area contributed by atoms with Crippen LogP contribution >= 0.6 is 0 Å². The number of alkyl halides is 4. The van der Waals surface area contributed by atoms with Crippen LogP contribution in [0, 0.1) is 0 Å². The first-order chi connectivity index (χ1) is 14.3. The third kappa shape index (κ3) is 3.96. The number of ether oxygens (including phenoxy) is 1. The smallest absolute Gasteiger partial charge is 0.387 e. The van der Waals surface area contributed by atoms with Gasteiger partial charge >= 0.3 is 6.61 Å². The Balaban J connectivity index is 2.08. The van der Waals surface area contributed by atoms with E-state index in [4.69, 9.17) is 5.73 Å². The van der Waals surface area contributed by atoms with Gasteiger partial charge in [0.25, 0.3) is 5.91 Å². The molecule has 2 aromatic rings. The SMILES string of the molecule is CN1C(=O)[C@@](c2ccc(OC(F)F)cc2)(c2cccc(C(F)CCCF)c2)N=C1N. The van der Waals surface area contributed by atoms with E-state index >= 15 is 0 Å². The minimum atomic E-state index is -2.99. The molecule has 0 saturated heterocycles. The van der Waals surface area contributed by atoms with E-state index in [-0.39, 0.29) is 30.1 Å². The number of guanidine groups is 1. The molecule has 0 fully saturated rings. The maximum absolute atomic E-state index is 14.5. The van der Waals surface area contributed by atoms with Crippen LogP contribution in [0.25, 0.3) is 0 Å². The van der Waals surface area contributed by atoms with E-state index in [0.29, 0.717) is 11.1 Å². The van der Waals surface area contributed by atoms with Crippen molar-refractivity contribution in [1.82, 2.24) is 4.90 Å². The van der Waals surface area contributed by atoms with Gasteiger partial charge in [0.1, 0.15) is 11.9 Å². The highest BCUT2D eigenvalue weighted by Crippen LogP contribution is 2.41. The van der Waals surface area contributed by atoms with Gasteiger partial charge in [-0.25, -0.2) is 9.38 Å². The van der Waals surface area contributed by atoms with E-state index in [1.165, 1.54) is 42.3 Å². The molecule has 3 rings (SSSR count). The van der Waals surface area contributed by atoms with Gasteiger partial charge in [-0.3, -0.25) is 14.1 Å². The monoisotopic (exact) mass is 423 g/mol. The molecule has 1 heterocycles. The van der Waals surface area contributed by atoms with Crippen LogP contribution in [-0.2, 0) is 10.3 Å². The van der Waals surface area contributed by atoms with Crippen molar-refractivity contribution in [3.05, 3.63) is 65.2 Å². The number of carbonyl (C=O) groups excluding carboxylic acids is 1. The third-order valence-corrected chi connectivity index (χ3v) is 4.99. The van der Waals surface area contributed by atoms with Crippen LogP contribution in [0.5, 0.6) is 5.75 Å². The molecule has 2 atom stereocenters. The molecular weight excluding hydrogens is 402 g/mol. The van der Waals surface area contributed by atoms with Crippen molar-refractivity contribution in [1.29, 1.82) is 0 Å². The first-order valence-corrected chi connectivity index (χ1v) is 9.29. The molecule has 30 heavy (non-hydrogen) atoms. The molecular formula is C21H21F4N3O2. The van der Waals surface area contributed by atoms with E-state index in [1.807, 2.05) is 0 Å². The number of halogens is 4. The summed E-state index contributed by atoms with van der Waals surface area (Å²) in [7, 11) is 1.46. The molecule has 0 saturated carbocycles. The minimum absolute atomic E-state index is 0.00583. The van der Waals surface area contributed by atoms with Crippen LogP contribution in [0.2, 0.25) is 0 Å². The molecule has 1 unspecified atom stereocenters. The maximum Gasteiger partial charge on any atom is 0.387 e. The second-order valence-electron chi connectivity index (χ2n) is 6.87. The van der Waals surface area contributed by atoms with E-state index in [9.17, 15) is 22.4 Å². The number of amides is 1. The number of hydrogen-bond donors (Lipinski definition) is 1. The summed E-state index contributed by atoms with van der Waals surface area (Å²) in [6, 6.07) is 11.7. The number of hydrogen-bond acceptors (Lipinski definition) is 4. The Hall–Kier alpha value is -3.10. The Bertz CT molecular complexity index is 936. The molecule has 0 radical (unpaired) electrons. The maximum atomic E-state index is 14.5. The van der Waals surface area contributed by atoms with Crippen LogP contribution in [0.4, 0.5) is 17.6 Å². The first-order valence-electron chi connectivity index (χ1n) is 9.29. The number of likely N-dealkylation sites (N-methyl/N-ethyl adjacent to an activating group) is 1. The quantitative estimate of drug-likeness (QED) is 0.651. The van der Waals surface area contributed by atoms with E-state index in [1.54, 1.807) is 18.2 Å². The van der Waals surface area contributed by atoms with Crippen LogP contribution in [0.1, 0.15) is 35.7 Å². The van der Waals surface area contributed by atoms with Crippen molar-refractivity contribution in [2.45, 2.75) is 31.2 Å². The highest BCUT2D eigenvalue weighted by atomic mass is 19.3. The van der Waals surface area contributed by atoms with Crippen LogP contribution in [0.3, 0.4) is 0 Å². The van der Waals surface area contributed by atoms with Crippen LogP contribution < -0.4 is 10.5 Å². The average Bonchev–Trinajstić information content (AvgIpc) is 2.97. The van der Waals surface area contributed by atoms with Gasteiger partial charge in [0, 0.05) is 7.05 Å². The van der Waals surface area contributed by atoms with E-state index in [0.717, 1.165) is 0 Å². The summed E-state index contributed by atoms with van der Waals surface area (Å²) in [5.74, 6) is -0.588. The average molecular weight is 423 g/mol. The lowest BCUT2D eigenvalue weighted by Gasteiger charge is -2.27. The van der Waals surface area contributed by atoms with Gasteiger partial charge in [0.05, 0.1) is 6.67 Å². The number of benzene rings is 2. The van der Waals surface area contributed by atoms with Crippen LogP contribution in [-0.4, -0.2) is 37.1 Å². The lowest BCUT2D eigenvalue weighted by atomic mass is 9.81. The van der Waals surface area contributed by atoms with Gasteiger partial charge in [-0.1, -0.05) is 30.3 Å². The molecule has 0 spiro atoms. The van der Waals surface area contributed by atoms with Crippen molar-refractivity contribution in [3.8, 4) is 5.75 Å². The summed E-state index contributed by atoms with van der Waals surface area (Å²) in [4.78, 5) is 18.7. The molecule has 0 bridgehead atoms. The fourth-order valence-electron chi connectivity index (χ4n) is 3.44. The minimum Gasteiger partial charge on any atom is -0.435 e. The lowest BCUT2D eigenvalue weighted by Crippen LogP contribution is -2.41. The number of carbonyl (C=O) groups is 1. The summed E-state index contributed by atoms with van der Waals surface area (Å²) in [5, 5.41) is 0. The molecule has 9 heteroatoms. The zero-order valence-electron chi connectivity index (χ0n) is 16.2. The number of nitrogens with two attached hydrogens (primary N) is 1. The predicted octanol–water partition coefficient (Wildman–Crippen LogP) is 4.08. The standard InChI is InChI=1S/C21H21F4N3O2/c1-28-18(29)21(27-20(28)26,14-7-9-16(10-8-14)30-19(24)25)15-5-2-4-13(12-15)17(23)6-3-11-22/h2,4-5,7-10,12,17,19H,3,6,11H2,1H3,(H2,26,27)/t17?,21-/m1/s1. The van der Waals surface area contributed by atoms with E-state index in [2.05, 4.69) is 9.73 Å². The first kappa shape index (κ1) is 21.6. The van der Waals surface area contributed by atoms with Gasteiger partial charge in [-0.15, -0.1) is 0 Å². The highest BCUT2D eigenvalue weighted by molar-refractivity contribution is 6.08. The largest absolute Gasteiger partial charge is 0.435 e. The topological polar surface area (TPSA) is 67.9 Å². The number of aliphatic imine (C=N–C) groups is 1. The molecule has 2 aromatic carbocycles. The second kappa shape index (κ2) is 8.73. The predicted molar refractivity (Wildman–Crippen MR) is 104 cm³/mol. The Morgan fingerprint density at radius 1 is 1.13 bits per heavy atom. The molecule has 1 aliphatic rings. The molecule has 0 aromatic heterocycles. The third-order valence-electron chi connectivity index (χ3n) is 4.99. The zero-order valence-corrected chi connectivity index (χ0v) is 16.2. The fourth-order valence-corrected chi connectivity index (χ4v) is 3.44. The number of nitrogens with zero attached hydrogens (tertiary/aromatic N) is 2. The van der Waals surface area contributed by atoms with Crippen molar-refractivity contribution in [3.63, 3.8) is 0 Å². The van der Waals surface area contributed by atoms with Gasteiger partial charge in [0.2, 0.25) is 0 Å².